The van der Waals surface area contributed by atoms with Crippen LogP contribution in [0.5, 0.6) is 5.75 Å². The van der Waals surface area contributed by atoms with Crippen molar-refractivity contribution < 1.29 is 10.1 Å². The van der Waals surface area contributed by atoms with E-state index in [0.29, 0.717) is 0 Å². The summed E-state index contributed by atoms with van der Waals surface area (Å²) < 4.78 is 5.87. The van der Waals surface area contributed by atoms with Gasteiger partial charge in [0.25, 0.3) is 0 Å². The van der Waals surface area contributed by atoms with Gasteiger partial charge >= 0.3 is 0 Å². The minimum Gasteiger partial charge on any atom is -0.493 e. The molecule has 0 amide bonds. The molecule has 1 aromatic rings. The van der Waals surface area contributed by atoms with E-state index in [1.165, 1.54) is 62.7 Å². The molecule has 0 fully saturated rings. The lowest BCUT2D eigenvalue weighted by Gasteiger charge is -2.09. The molecule has 0 heterocycles. The van der Waals surface area contributed by atoms with E-state index in [0.717, 1.165) is 12.4 Å². The third kappa shape index (κ3) is 7.54. The zero-order valence-electron chi connectivity index (χ0n) is 13.6. The average Bonchev–Trinajstić information content (AvgIpc) is 2.44. The molecule has 0 unspecified atom stereocenters. The highest BCUT2D eigenvalue weighted by molar-refractivity contribution is 5.35. The first-order valence-corrected chi connectivity index (χ1v) is 8.25. The highest BCUT2D eigenvalue weighted by atomic mass is 16.5. The molecule has 0 spiro atoms. The summed E-state index contributed by atoms with van der Waals surface area (Å²) in [5.41, 5.74) is 2.51. The van der Waals surface area contributed by atoms with E-state index in [1.807, 2.05) is 0 Å². The summed E-state index contributed by atoms with van der Waals surface area (Å²) in [7, 11) is 0. The van der Waals surface area contributed by atoms with Crippen molar-refractivity contribution in [1.29, 1.82) is 0 Å². The van der Waals surface area contributed by atoms with Crippen molar-refractivity contribution in [2.24, 2.45) is 0 Å². The molecule has 0 aromatic heterocycles. The van der Waals surface area contributed by atoms with E-state index in [-0.39, 0.29) is 0 Å². The number of ether oxygens (including phenoxy) is 1. The molecule has 0 bridgehead atoms. The van der Waals surface area contributed by atoms with Crippen LogP contribution in [-0.2, 0) is 0 Å². The lowest BCUT2D eigenvalue weighted by Crippen LogP contribution is -2.84. The van der Waals surface area contributed by atoms with Crippen molar-refractivity contribution in [2.45, 2.75) is 59.3 Å². The van der Waals surface area contributed by atoms with Crippen molar-refractivity contribution in [3.8, 4) is 5.75 Å². The second-order valence-corrected chi connectivity index (χ2v) is 5.75. The minimum absolute atomic E-state index is 0.851. The molecule has 0 saturated carbocycles. The molecule has 0 saturated heterocycles. The SMILES string of the molecule is CCCC[NH2+]CCCCCCOc1cc(C)ccc1C. The molecule has 1 rings (SSSR count). The predicted molar refractivity (Wildman–Crippen MR) is 86.4 cm³/mol. The van der Waals surface area contributed by atoms with Crippen molar-refractivity contribution >= 4 is 0 Å². The van der Waals surface area contributed by atoms with E-state index in [2.05, 4.69) is 44.3 Å². The Morgan fingerprint density at radius 2 is 1.70 bits per heavy atom. The molecule has 0 radical (unpaired) electrons. The fourth-order valence-electron chi connectivity index (χ4n) is 2.28. The lowest BCUT2D eigenvalue weighted by atomic mass is 10.1. The number of benzene rings is 1. The topological polar surface area (TPSA) is 25.8 Å². The number of unbranched alkanes of at least 4 members (excludes halogenated alkanes) is 4. The maximum Gasteiger partial charge on any atom is 0.122 e. The van der Waals surface area contributed by atoms with Gasteiger partial charge in [0, 0.05) is 0 Å². The van der Waals surface area contributed by atoms with Crippen LogP contribution < -0.4 is 10.1 Å². The van der Waals surface area contributed by atoms with Crippen LogP contribution in [0.1, 0.15) is 56.6 Å². The van der Waals surface area contributed by atoms with Gasteiger partial charge in [0.2, 0.25) is 0 Å². The Hall–Kier alpha value is -1.02. The number of quaternary nitrogens is 1. The van der Waals surface area contributed by atoms with Gasteiger partial charge in [-0.3, -0.25) is 0 Å². The summed E-state index contributed by atoms with van der Waals surface area (Å²) in [5, 5.41) is 2.45. The van der Waals surface area contributed by atoms with E-state index >= 15 is 0 Å². The molecule has 20 heavy (non-hydrogen) atoms. The number of aryl methyl sites for hydroxylation is 2. The number of rotatable bonds is 11. The van der Waals surface area contributed by atoms with Gasteiger partial charge in [0.1, 0.15) is 5.75 Å². The van der Waals surface area contributed by atoms with Crippen LogP contribution in [0.25, 0.3) is 0 Å². The number of nitrogens with two attached hydrogens (primary N) is 1. The van der Waals surface area contributed by atoms with Gasteiger partial charge in [-0.1, -0.05) is 25.5 Å². The molecule has 0 aliphatic carbocycles. The quantitative estimate of drug-likeness (QED) is 0.615. The third-order valence-corrected chi connectivity index (χ3v) is 3.67. The van der Waals surface area contributed by atoms with E-state index in [1.54, 1.807) is 0 Å². The van der Waals surface area contributed by atoms with Crippen LogP contribution in [0, 0.1) is 13.8 Å². The molecule has 2 N–H and O–H groups in total. The van der Waals surface area contributed by atoms with Crippen LogP contribution in [0.15, 0.2) is 18.2 Å². The molecule has 114 valence electrons. The Bertz CT molecular complexity index is 362. The molecule has 0 aliphatic heterocycles. The standard InChI is InChI=1S/C18H31NO/c1-4-5-12-19-13-8-6-7-9-14-20-18-15-16(2)10-11-17(18)3/h10-11,15,19H,4-9,12-14H2,1-3H3/p+1. The molecule has 0 aliphatic rings. The Kier molecular flexibility index (Phi) is 9.14. The smallest absolute Gasteiger partial charge is 0.122 e. The van der Waals surface area contributed by atoms with Gasteiger partial charge in [-0.25, -0.2) is 0 Å². The summed E-state index contributed by atoms with van der Waals surface area (Å²) in [5.74, 6) is 1.05. The lowest BCUT2D eigenvalue weighted by molar-refractivity contribution is -0.655. The Labute approximate surface area is 124 Å². The first kappa shape index (κ1) is 17.0. The zero-order chi connectivity index (χ0) is 14.6. The zero-order valence-corrected chi connectivity index (χ0v) is 13.6. The Balaban J connectivity index is 1.98. The summed E-state index contributed by atoms with van der Waals surface area (Å²) in [4.78, 5) is 0. The molecule has 2 heteroatoms. The highest BCUT2D eigenvalue weighted by Gasteiger charge is 1.99. The monoisotopic (exact) mass is 278 g/mol. The first-order chi connectivity index (χ1) is 9.74. The molecule has 1 aromatic carbocycles. The Morgan fingerprint density at radius 1 is 0.950 bits per heavy atom. The Morgan fingerprint density at radius 3 is 2.50 bits per heavy atom. The largest absolute Gasteiger partial charge is 0.493 e. The highest BCUT2D eigenvalue weighted by Crippen LogP contribution is 2.19. The predicted octanol–water partition coefficient (Wildman–Crippen LogP) is 3.61. The molecular weight excluding hydrogens is 246 g/mol. The third-order valence-electron chi connectivity index (χ3n) is 3.67. The van der Waals surface area contributed by atoms with Crippen LogP contribution in [0.4, 0.5) is 0 Å². The summed E-state index contributed by atoms with van der Waals surface area (Å²) in [6, 6.07) is 6.41. The van der Waals surface area contributed by atoms with E-state index in [9.17, 15) is 0 Å². The maximum absolute atomic E-state index is 5.87. The first-order valence-electron chi connectivity index (χ1n) is 8.25. The van der Waals surface area contributed by atoms with Gasteiger partial charge in [0.15, 0.2) is 0 Å². The van der Waals surface area contributed by atoms with Gasteiger partial charge in [-0.2, -0.15) is 0 Å². The van der Waals surface area contributed by atoms with Crippen molar-refractivity contribution in [3.63, 3.8) is 0 Å². The van der Waals surface area contributed by atoms with Crippen LogP contribution in [-0.4, -0.2) is 19.7 Å². The molecule has 0 atom stereocenters. The normalized spacial score (nSPS) is 10.8. The van der Waals surface area contributed by atoms with Crippen molar-refractivity contribution in [3.05, 3.63) is 29.3 Å². The second-order valence-electron chi connectivity index (χ2n) is 5.75. The van der Waals surface area contributed by atoms with E-state index in [4.69, 9.17) is 4.74 Å². The van der Waals surface area contributed by atoms with Crippen molar-refractivity contribution in [1.82, 2.24) is 0 Å². The van der Waals surface area contributed by atoms with Gasteiger partial charge in [-0.15, -0.1) is 0 Å². The molecular formula is C18H32NO+. The number of hydrogen-bond acceptors (Lipinski definition) is 1. The van der Waals surface area contributed by atoms with Gasteiger partial charge in [0.05, 0.1) is 19.7 Å². The fraction of sp³-hybridized carbons (Fsp3) is 0.667. The van der Waals surface area contributed by atoms with Crippen LogP contribution in [0.3, 0.4) is 0 Å². The summed E-state index contributed by atoms with van der Waals surface area (Å²) in [6.45, 7) is 9.92. The average molecular weight is 278 g/mol. The second kappa shape index (κ2) is 10.7. The maximum atomic E-state index is 5.87. The fourth-order valence-corrected chi connectivity index (χ4v) is 2.28. The summed E-state index contributed by atoms with van der Waals surface area (Å²) in [6.07, 6.45) is 7.79. The molecule has 2 nitrogen and oxygen atoms in total. The minimum atomic E-state index is 0.851. The van der Waals surface area contributed by atoms with E-state index < -0.39 is 0 Å². The number of hydrogen-bond donors (Lipinski definition) is 1. The van der Waals surface area contributed by atoms with Crippen molar-refractivity contribution in [2.75, 3.05) is 19.7 Å². The summed E-state index contributed by atoms with van der Waals surface area (Å²) >= 11 is 0. The van der Waals surface area contributed by atoms with Gasteiger partial charge < -0.3 is 10.1 Å². The van der Waals surface area contributed by atoms with Crippen LogP contribution >= 0.6 is 0 Å². The van der Waals surface area contributed by atoms with Gasteiger partial charge in [-0.05, 0) is 63.1 Å². The van der Waals surface area contributed by atoms with Crippen LogP contribution in [0.2, 0.25) is 0 Å².